The molecule has 48 heavy (non-hydrogen) atoms. The second-order valence-electron chi connectivity index (χ2n) is 12.8. The molecular formula is C38H69O9P. The molecule has 0 saturated heterocycles. The molecule has 280 valence electrons. The van der Waals surface area contributed by atoms with E-state index in [2.05, 4.69) is 30.5 Å². The van der Waals surface area contributed by atoms with Crippen molar-refractivity contribution >= 4 is 19.8 Å². The van der Waals surface area contributed by atoms with Crippen LogP contribution < -0.4 is 0 Å². The zero-order chi connectivity index (χ0) is 35.6. The molecule has 2 atom stereocenters. The van der Waals surface area contributed by atoms with Gasteiger partial charge in [-0.05, 0) is 38.5 Å². The number of allylic oxidation sites excluding steroid dienone is 5. The highest BCUT2D eigenvalue weighted by molar-refractivity contribution is 7.46. The van der Waals surface area contributed by atoms with Crippen molar-refractivity contribution in [3.05, 3.63) is 36.5 Å². The van der Waals surface area contributed by atoms with Crippen LogP contribution in [-0.2, 0) is 28.2 Å². The first kappa shape index (κ1) is 46.2. The average Bonchev–Trinajstić information content (AvgIpc) is 3.04. The number of hydrogen-bond acceptors (Lipinski definition) is 7. The van der Waals surface area contributed by atoms with Gasteiger partial charge < -0.3 is 24.4 Å². The lowest BCUT2D eigenvalue weighted by molar-refractivity contribution is -0.161. The molecule has 0 saturated carbocycles. The van der Waals surface area contributed by atoms with Crippen LogP contribution in [0.5, 0.6) is 0 Å². The van der Waals surface area contributed by atoms with Crippen LogP contribution in [0.15, 0.2) is 36.5 Å². The highest BCUT2D eigenvalue weighted by Gasteiger charge is 2.23. The smallest absolute Gasteiger partial charge is 0.462 e. The summed E-state index contributed by atoms with van der Waals surface area (Å²) in [5, 5.41) is 10.2. The molecule has 0 spiro atoms. The third-order valence-electron chi connectivity index (χ3n) is 8.02. The zero-order valence-corrected chi connectivity index (χ0v) is 31.1. The first-order valence-electron chi connectivity index (χ1n) is 18.9. The number of ether oxygens (including phenoxy) is 2. The van der Waals surface area contributed by atoms with Gasteiger partial charge in [-0.1, -0.05) is 153 Å². The molecular weight excluding hydrogens is 631 g/mol. The van der Waals surface area contributed by atoms with Crippen LogP contribution in [0.4, 0.5) is 0 Å². The number of aliphatic hydroxyl groups excluding tert-OH is 1. The highest BCUT2D eigenvalue weighted by Crippen LogP contribution is 2.36. The van der Waals surface area contributed by atoms with Gasteiger partial charge in [0.2, 0.25) is 0 Å². The van der Waals surface area contributed by atoms with Gasteiger partial charge in [0.1, 0.15) is 6.61 Å². The second kappa shape index (κ2) is 33.7. The fourth-order valence-corrected chi connectivity index (χ4v) is 5.51. The van der Waals surface area contributed by atoms with E-state index < -0.39 is 38.6 Å². The number of phosphoric ester groups is 1. The number of unbranched alkanes of at least 4 members (excludes halogenated alkanes) is 17. The Morgan fingerprint density at radius 3 is 1.77 bits per heavy atom. The Morgan fingerprint density at radius 1 is 0.646 bits per heavy atom. The summed E-state index contributed by atoms with van der Waals surface area (Å²) in [6, 6.07) is 0. The minimum Gasteiger partial charge on any atom is -0.462 e. The van der Waals surface area contributed by atoms with Gasteiger partial charge in [0.05, 0.1) is 12.7 Å². The number of hydrogen-bond donors (Lipinski definition) is 3. The van der Waals surface area contributed by atoms with Crippen molar-refractivity contribution in [3.63, 3.8) is 0 Å². The van der Waals surface area contributed by atoms with Crippen molar-refractivity contribution in [1.82, 2.24) is 0 Å². The van der Waals surface area contributed by atoms with Crippen LogP contribution in [0.25, 0.3) is 0 Å². The summed E-state index contributed by atoms with van der Waals surface area (Å²) in [6.07, 6.45) is 34.7. The number of aliphatic hydroxyl groups is 1. The van der Waals surface area contributed by atoms with Crippen molar-refractivity contribution in [2.45, 2.75) is 180 Å². The third-order valence-corrected chi connectivity index (χ3v) is 8.50. The summed E-state index contributed by atoms with van der Waals surface area (Å²) in [7, 11) is -4.80. The van der Waals surface area contributed by atoms with E-state index in [4.69, 9.17) is 19.3 Å². The lowest BCUT2D eigenvalue weighted by Crippen LogP contribution is -2.29. The Bertz CT molecular complexity index is 897. The molecule has 0 fully saturated rings. The first-order chi connectivity index (χ1) is 23.2. The minimum atomic E-state index is -4.80. The summed E-state index contributed by atoms with van der Waals surface area (Å²) in [6.45, 7) is 3.50. The van der Waals surface area contributed by atoms with Crippen molar-refractivity contribution < 1.29 is 43.0 Å². The molecule has 0 rings (SSSR count). The van der Waals surface area contributed by atoms with Gasteiger partial charge in [0, 0.05) is 12.8 Å². The lowest BCUT2D eigenvalue weighted by Gasteiger charge is -2.18. The largest absolute Gasteiger partial charge is 0.469 e. The topological polar surface area (TPSA) is 140 Å². The number of esters is 2. The van der Waals surface area contributed by atoms with Crippen LogP contribution in [0, 0.1) is 0 Å². The van der Waals surface area contributed by atoms with Crippen molar-refractivity contribution in [3.8, 4) is 0 Å². The Morgan fingerprint density at radius 2 is 1.19 bits per heavy atom. The molecule has 10 heteroatoms. The van der Waals surface area contributed by atoms with E-state index in [0.29, 0.717) is 19.3 Å². The number of rotatable bonds is 34. The third kappa shape index (κ3) is 35.5. The van der Waals surface area contributed by atoms with E-state index in [0.717, 1.165) is 32.1 Å². The number of carbonyl (C=O) groups excluding carboxylic acids is 2. The van der Waals surface area contributed by atoms with Gasteiger partial charge in [-0.25, -0.2) is 4.57 Å². The summed E-state index contributed by atoms with van der Waals surface area (Å²) in [4.78, 5) is 42.7. The van der Waals surface area contributed by atoms with E-state index in [-0.39, 0.29) is 19.4 Å². The van der Waals surface area contributed by atoms with E-state index >= 15 is 0 Å². The van der Waals surface area contributed by atoms with E-state index in [1.807, 2.05) is 12.2 Å². The zero-order valence-electron chi connectivity index (χ0n) is 30.2. The van der Waals surface area contributed by atoms with Crippen molar-refractivity contribution in [2.24, 2.45) is 0 Å². The van der Waals surface area contributed by atoms with Gasteiger partial charge in [-0.15, -0.1) is 0 Å². The summed E-state index contributed by atoms with van der Waals surface area (Å²) >= 11 is 0. The monoisotopic (exact) mass is 700 g/mol. The predicted molar refractivity (Wildman–Crippen MR) is 194 cm³/mol. The normalized spacial score (nSPS) is 13.5. The average molecular weight is 701 g/mol. The molecule has 0 bridgehead atoms. The summed E-state index contributed by atoms with van der Waals surface area (Å²) < 4.78 is 26.2. The van der Waals surface area contributed by atoms with Crippen LogP contribution in [-0.4, -0.2) is 52.3 Å². The molecule has 3 N–H and O–H groups in total. The van der Waals surface area contributed by atoms with Gasteiger partial charge in [-0.2, -0.15) is 0 Å². The summed E-state index contributed by atoms with van der Waals surface area (Å²) in [5.41, 5.74) is 0. The Kier molecular flexibility index (Phi) is 32.5. The highest BCUT2D eigenvalue weighted by atomic mass is 31.2. The summed E-state index contributed by atoms with van der Waals surface area (Å²) in [5.74, 6) is -1.08. The predicted octanol–water partition coefficient (Wildman–Crippen LogP) is 9.98. The maximum absolute atomic E-state index is 12.4. The van der Waals surface area contributed by atoms with Crippen molar-refractivity contribution in [1.29, 1.82) is 0 Å². The molecule has 0 aliphatic rings. The SMILES string of the molecule is CCCCCCCC/C=C/C/C=C/C=C/C(O)CCCC(=O)O[C@H](COC(=O)CCCCCCCCCCCCCC)COP(=O)(O)O. The van der Waals surface area contributed by atoms with Crippen LogP contribution in [0.2, 0.25) is 0 Å². The second-order valence-corrected chi connectivity index (χ2v) is 14.0. The molecule has 1 unspecified atom stereocenters. The maximum Gasteiger partial charge on any atom is 0.469 e. The molecule has 0 radical (unpaired) electrons. The molecule has 0 amide bonds. The number of carbonyl (C=O) groups is 2. The molecule has 9 nitrogen and oxygen atoms in total. The standard InChI is InChI=1S/C38H69O9P/c1-3-5-7-9-11-13-15-17-18-20-22-24-26-29-35(39)30-28-32-38(41)47-36(34-46-48(42,43)44)33-45-37(40)31-27-25-23-21-19-16-14-12-10-8-6-4-2/h17-18,22,24,26,29,35-36,39H,3-16,19-21,23,25,27-28,30-34H2,1-2H3,(H2,42,43,44)/b18-17+,24-22+,29-26+/t35?,36-/m1/s1. The maximum atomic E-state index is 12.4. The van der Waals surface area contributed by atoms with Crippen molar-refractivity contribution in [2.75, 3.05) is 13.2 Å². The van der Waals surface area contributed by atoms with Gasteiger partial charge in [-0.3, -0.25) is 14.1 Å². The lowest BCUT2D eigenvalue weighted by atomic mass is 10.0. The minimum absolute atomic E-state index is 0.0106. The quantitative estimate of drug-likeness (QED) is 0.0197. The molecule has 0 heterocycles. The fraction of sp³-hybridized carbons (Fsp3) is 0.789. The van der Waals surface area contributed by atoms with E-state index in [9.17, 15) is 19.3 Å². The van der Waals surface area contributed by atoms with E-state index in [1.165, 1.54) is 89.9 Å². The Labute approximate surface area is 292 Å². The first-order valence-corrected chi connectivity index (χ1v) is 20.4. The van der Waals surface area contributed by atoms with E-state index in [1.54, 1.807) is 12.2 Å². The van der Waals surface area contributed by atoms with Crippen LogP contribution >= 0.6 is 7.82 Å². The molecule has 0 aromatic heterocycles. The van der Waals surface area contributed by atoms with Gasteiger partial charge >= 0.3 is 19.8 Å². The Balaban J connectivity index is 4.17. The van der Waals surface area contributed by atoms with Crippen LogP contribution in [0.1, 0.15) is 168 Å². The van der Waals surface area contributed by atoms with Gasteiger partial charge in [0.25, 0.3) is 0 Å². The van der Waals surface area contributed by atoms with Crippen LogP contribution in [0.3, 0.4) is 0 Å². The Hall–Kier alpha value is -1.77. The van der Waals surface area contributed by atoms with Gasteiger partial charge in [0.15, 0.2) is 6.10 Å². The fourth-order valence-electron chi connectivity index (χ4n) is 5.15. The molecule has 0 aliphatic carbocycles. The molecule has 0 aromatic rings. The molecule has 0 aliphatic heterocycles. The number of phosphoric acid groups is 1. The molecule has 0 aromatic carbocycles.